The molecular weight excluding hydrogens is 409 g/mol. The van der Waals surface area contributed by atoms with Crippen LogP contribution < -0.4 is 10.6 Å². The monoisotopic (exact) mass is 432 g/mol. The Morgan fingerprint density at radius 2 is 1.81 bits per heavy atom. The predicted molar refractivity (Wildman–Crippen MR) is 111 cm³/mol. The van der Waals surface area contributed by atoms with Gasteiger partial charge in [-0.2, -0.15) is 18.3 Å². The molecule has 1 aromatic carbocycles. The van der Waals surface area contributed by atoms with Crippen LogP contribution in [0.2, 0.25) is 0 Å². The summed E-state index contributed by atoms with van der Waals surface area (Å²) in [5.41, 5.74) is 3.78. The number of alkyl halides is 3. The Morgan fingerprint density at radius 1 is 1.13 bits per heavy atom. The lowest BCUT2D eigenvalue weighted by Crippen LogP contribution is -2.45. The Balaban J connectivity index is 1.83. The number of hydrogen-bond acceptors (Lipinski definition) is 5. The van der Waals surface area contributed by atoms with E-state index in [0.29, 0.717) is 17.3 Å². The molecule has 3 rings (SSSR count). The smallest absolute Gasteiger partial charge is 0.339 e. The zero-order chi connectivity index (χ0) is 22.8. The summed E-state index contributed by atoms with van der Waals surface area (Å²) in [6.45, 7) is 5.33. The Hall–Kier alpha value is -3.43. The van der Waals surface area contributed by atoms with Gasteiger partial charge in [-0.15, -0.1) is 0 Å². The summed E-state index contributed by atoms with van der Waals surface area (Å²) >= 11 is 0. The highest BCUT2D eigenvalue weighted by Crippen LogP contribution is 2.24. The van der Waals surface area contributed by atoms with Crippen LogP contribution in [0.1, 0.15) is 35.0 Å². The molecule has 1 amide bonds. The lowest BCUT2D eigenvalue weighted by atomic mass is 10.1. The van der Waals surface area contributed by atoms with Crippen LogP contribution in [-0.2, 0) is 7.05 Å². The summed E-state index contributed by atoms with van der Waals surface area (Å²) in [7, 11) is 1.49. The van der Waals surface area contributed by atoms with Crippen LogP contribution in [0, 0.1) is 13.8 Å². The maximum absolute atomic E-state index is 13.0. The van der Waals surface area contributed by atoms with Crippen molar-refractivity contribution in [3.05, 3.63) is 53.3 Å². The van der Waals surface area contributed by atoms with Gasteiger partial charge in [0.1, 0.15) is 17.4 Å². The van der Waals surface area contributed by atoms with Gasteiger partial charge in [0.05, 0.1) is 5.69 Å². The summed E-state index contributed by atoms with van der Waals surface area (Å²) in [6, 6.07) is 7.05. The molecule has 0 aliphatic carbocycles. The van der Waals surface area contributed by atoms with E-state index in [2.05, 4.69) is 20.4 Å². The number of nitrogens with one attached hydrogen (secondary N) is 2. The number of hydrogen-bond donors (Lipinski definition) is 2. The first kappa shape index (κ1) is 22.3. The molecule has 0 aliphatic heterocycles. The highest BCUT2D eigenvalue weighted by atomic mass is 19.4. The largest absolute Gasteiger partial charge is 0.408 e. The maximum Gasteiger partial charge on any atom is 0.408 e. The number of anilines is 2. The molecule has 0 saturated heterocycles. The molecule has 0 aliphatic rings. The molecule has 10 heteroatoms. The van der Waals surface area contributed by atoms with E-state index >= 15 is 0 Å². The van der Waals surface area contributed by atoms with Gasteiger partial charge in [0, 0.05) is 18.9 Å². The van der Waals surface area contributed by atoms with E-state index in [9.17, 15) is 18.0 Å². The third-order valence-electron chi connectivity index (χ3n) is 4.62. The minimum Gasteiger partial charge on any atom is -0.339 e. The van der Waals surface area contributed by atoms with E-state index in [1.54, 1.807) is 12.3 Å². The first-order valence-electron chi connectivity index (χ1n) is 9.67. The van der Waals surface area contributed by atoms with Gasteiger partial charge in [0.25, 0.3) is 5.91 Å². The number of aryl methyl sites for hydroxylation is 3. The summed E-state index contributed by atoms with van der Waals surface area (Å²) < 4.78 is 40.2. The summed E-state index contributed by atoms with van der Waals surface area (Å²) in [4.78, 5) is 21.0. The number of benzene rings is 1. The van der Waals surface area contributed by atoms with Crippen molar-refractivity contribution in [2.24, 2.45) is 7.05 Å². The molecule has 0 fully saturated rings. The quantitative estimate of drug-likeness (QED) is 0.607. The molecule has 164 valence electrons. The van der Waals surface area contributed by atoms with Crippen LogP contribution in [0.15, 0.2) is 36.5 Å². The van der Waals surface area contributed by atoms with Gasteiger partial charge in [0.15, 0.2) is 0 Å². The maximum atomic E-state index is 13.0. The van der Waals surface area contributed by atoms with Gasteiger partial charge in [-0.3, -0.25) is 9.48 Å². The number of halogens is 3. The Bertz CT molecular complexity index is 1070. The van der Waals surface area contributed by atoms with E-state index in [-0.39, 0.29) is 12.1 Å². The first-order valence-corrected chi connectivity index (χ1v) is 9.67. The Morgan fingerprint density at radius 3 is 2.42 bits per heavy atom. The molecule has 31 heavy (non-hydrogen) atoms. The third-order valence-corrected chi connectivity index (χ3v) is 4.62. The number of carbonyl (C=O) groups excluding carboxylic acids is 1. The zero-order valence-corrected chi connectivity index (χ0v) is 17.6. The van der Waals surface area contributed by atoms with Crippen LogP contribution in [-0.4, -0.2) is 37.9 Å². The van der Waals surface area contributed by atoms with Crippen molar-refractivity contribution in [2.45, 2.75) is 39.4 Å². The number of nitrogens with zero attached hydrogens (tertiary/aromatic N) is 4. The average Bonchev–Trinajstić information content (AvgIpc) is 3.06. The second-order valence-electron chi connectivity index (χ2n) is 7.28. The standard InChI is InChI=1S/C21H23F3N6O/c1-5-18(21(22,23)24)28-19(31)17-11-16(29-30(17)4)15-6-7-25-20(27-15)26-14-9-12(2)8-13(3)10-14/h6-11,18H,5H2,1-4H3,(H,28,31)(H,25,26,27). The second-order valence-corrected chi connectivity index (χ2v) is 7.28. The number of rotatable bonds is 6. The fourth-order valence-corrected chi connectivity index (χ4v) is 3.19. The van der Waals surface area contributed by atoms with Crippen LogP contribution in [0.4, 0.5) is 24.8 Å². The molecule has 1 atom stereocenters. The minimum atomic E-state index is -4.52. The molecule has 0 bridgehead atoms. The van der Waals surface area contributed by atoms with Crippen molar-refractivity contribution < 1.29 is 18.0 Å². The van der Waals surface area contributed by atoms with E-state index < -0.39 is 18.1 Å². The molecule has 2 aromatic heterocycles. The van der Waals surface area contributed by atoms with Gasteiger partial charge in [-0.1, -0.05) is 13.0 Å². The van der Waals surface area contributed by atoms with Crippen molar-refractivity contribution >= 4 is 17.5 Å². The zero-order valence-electron chi connectivity index (χ0n) is 17.6. The van der Waals surface area contributed by atoms with Gasteiger partial charge in [0.2, 0.25) is 5.95 Å². The second kappa shape index (κ2) is 8.75. The van der Waals surface area contributed by atoms with Crippen molar-refractivity contribution in [2.75, 3.05) is 5.32 Å². The molecule has 0 spiro atoms. The lowest BCUT2D eigenvalue weighted by Gasteiger charge is -2.19. The normalized spacial score (nSPS) is 12.5. The predicted octanol–water partition coefficient (Wildman–Crippen LogP) is 4.31. The molecule has 7 nitrogen and oxygen atoms in total. The van der Waals surface area contributed by atoms with E-state index in [4.69, 9.17) is 0 Å². The number of amides is 1. The van der Waals surface area contributed by atoms with Crippen LogP contribution >= 0.6 is 0 Å². The van der Waals surface area contributed by atoms with Crippen LogP contribution in [0.3, 0.4) is 0 Å². The van der Waals surface area contributed by atoms with Gasteiger partial charge < -0.3 is 10.6 Å². The SMILES string of the molecule is CCC(NC(=O)c1cc(-c2ccnc(Nc3cc(C)cc(C)c3)n2)nn1C)C(F)(F)F. The molecule has 0 saturated carbocycles. The highest BCUT2D eigenvalue weighted by Gasteiger charge is 2.39. The lowest BCUT2D eigenvalue weighted by molar-refractivity contribution is -0.153. The van der Waals surface area contributed by atoms with Crippen molar-refractivity contribution in [3.63, 3.8) is 0 Å². The minimum absolute atomic E-state index is 0.000121. The summed E-state index contributed by atoms with van der Waals surface area (Å²) in [5, 5.41) is 9.37. The molecular formula is C21H23F3N6O. The van der Waals surface area contributed by atoms with Crippen molar-refractivity contribution in [1.29, 1.82) is 0 Å². The molecule has 0 radical (unpaired) electrons. The highest BCUT2D eigenvalue weighted by molar-refractivity contribution is 5.93. The third kappa shape index (κ3) is 5.39. The van der Waals surface area contributed by atoms with E-state index in [0.717, 1.165) is 16.8 Å². The number of carbonyl (C=O) groups is 1. The molecule has 2 heterocycles. The van der Waals surface area contributed by atoms with E-state index in [1.165, 1.54) is 24.7 Å². The van der Waals surface area contributed by atoms with Crippen molar-refractivity contribution in [1.82, 2.24) is 25.1 Å². The number of aromatic nitrogens is 4. The fraction of sp³-hybridized carbons (Fsp3) is 0.333. The van der Waals surface area contributed by atoms with Crippen molar-refractivity contribution in [3.8, 4) is 11.4 Å². The molecule has 3 aromatic rings. The Labute approximate surface area is 177 Å². The topological polar surface area (TPSA) is 84.7 Å². The average molecular weight is 432 g/mol. The van der Waals surface area contributed by atoms with Gasteiger partial charge >= 0.3 is 6.18 Å². The molecule has 2 N–H and O–H groups in total. The molecule has 1 unspecified atom stereocenters. The van der Waals surface area contributed by atoms with Crippen LogP contribution in [0.25, 0.3) is 11.4 Å². The Kier molecular flexibility index (Phi) is 6.28. The summed E-state index contributed by atoms with van der Waals surface area (Å²) in [6.07, 6.45) is -3.24. The van der Waals surface area contributed by atoms with Gasteiger partial charge in [-0.25, -0.2) is 9.97 Å². The van der Waals surface area contributed by atoms with Crippen LogP contribution in [0.5, 0.6) is 0 Å². The summed E-state index contributed by atoms with van der Waals surface area (Å²) in [5.74, 6) is -0.518. The van der Waals surface area contributed by atoms with Gasteiger partial charge in [-0.05, 0) is 55.7 Å². The fourth-order valence-electron chi connectivity index (χ4n) is 3.19. The first-order chi connectivity index (χ1) is 14.6. The van der Waals surface area contributed by atoms with E-state index in [1.807, 2.05) is 37.4 Å².